The first-order valence-electron chi connectivity index (χ1n) is 11.9. The fourth-order valence-electron chi connectivity index (χ4n) is 2.34. The Morgan fingerprint density at radius 2 is 0.655 bits per heavy atom. The molecule has 0 atom stereocenters. The summed E-state index contributed by atoms with van der Waals surface area (Å²) >= 11 is 4.48. The van der Waals surface area contributed by atoms with Crippen LogP contribution in [0.5, 0.6) is 0 Å². The van der Waals surface area contributed by atoms with Gasteiger partial charge in [-0.3, -0.25) is 0 Å². The Balaban J connectivity index is -0.000000146. The van der Waals surface area contributed by atoms with Gasteiger partial charge < -0.3 is 19.2 Å². The van der Waals surface area contributed by atoms with Crippen molar-refractivity contribution < 1.29 is 74.2 Å². The first-order chi connectivity index (χ1) is 13.7. The van der Waals surface area contributed by atoms with Gasteiger partial charge in [-0.15, -0.1) is 0 Å². The second-order valence-corrected chi connectivity index (χ2v) is 12.6. The van der Waals surface area contributed by atoms with Crippen molar-refractivity contribution in [2.75, 3.05) is 0 Å². The first-order valence-corrected chi connectivity index (χ1v) is 19.6. The molecule has 0 aliphatic heterocycles. The molecule has 0 aliphatic carbocycles. The molecule has 0 rings (SSSR count). The largest absolute Gasteiger partial charge is 0.822 e. The molecule has 0 aliphatic rings. The molecular formula is C21H45O4PZn3. The van der Waals surface area contributed by atoms with E-state index < -0.39 is 7.82 Å². The van der Waals surface area contributed by atoms with Crippen LogP contribution in [0.1, 0.15) is 117 Å². The van der Waals surface area contributed by atoms with Crippen LogP contribution in [-0.2, 0) is 59.5 Å². The average Bonchev–Trinajstić information content (AvgIpc) is 2.66. The predicted octanol–water partition coefficient (Wildman–Crippen LogP) is 5.94. The van der Waals surface area contributed by atoms with Gasteiger partial charge in [0.1, 0.15) is 0 Å². The zero-order valence-electron chi connectivity index (χ0n) is 19.9. The summed E-state index contributed by atoms with van der Waals surface area (Å²) in [5.74, 6) is 0. The van der Waals surface area contributed by atoms with E-state index in [1.54, 1.807) is 0 Å². The molecular weight excluding hydrogens is 543 g/mol. The van der Waals surface area contributed by atoms with Crippen molar-refractivity contribution >= 4 is 7.82 Å². The van der Waals surface area contributed by atoms with E-state index in [0.29, 0.717) is 0 Å². The molecule has 0 radical (unpaired) electrons. The maximum atomic E-state index is 8.55. The van der Waals surface area contributed by atoms with Crippen LogP contribution in [0.15, 0.2) is 0 Å². The van der Waals surface area contributed by atoms with Crippen LogP contribution < -0.4 is 14.7 Å². The molecule has 0 saturated heterocycles. The Morgan fingerprint density at radius 3 is 0.793 bits per heavy atom. The van der Waals surface area contributed by atoms with E-state index >= 15 is 0 Å². The summed E-state index contributed by atoms with van der Waals surface area (Å²) in [6, 6.07) is 0. The third kappa shape index (κ3) is 81.4. The molecule has 0 fully saturated rings. The predicted molar refractivity (Wildman–Crippen MR) is 108 cm³/mol. The van der Waals surface area contributed by atoms with Crippen molar-refractivity contribution in [3.63, 3.8) is 0 Å². The van der Waals surface area contributed by atoms with E-state index in [2.05, 4.69) is 20.8 Å². The van der Waals surface area contributed by atoms with Crippen molar-refractivity contribution in [2.24, 2.45) is 0 Å². The summed E-state index contributed by atoms with van der Waals surface area (Å²) in [7, 11) is -5.39. The molecule has 0 N–H and O–H groups in total. The van der Waals surface area contributed by atoms with Crippen molar-refractivity contribution in [3.8, 4) is 0 Å². The maximum absolute atomic E-state index is 8.55. The second-order valence-electron chi connectivity index (χ2n) is 7.25. The van der Waals surface area contributed by atoms with Crippen LogP contribution in [0.3, 0.4) is 0 Å². The van der Waals surface area contributed by atoms with Crippen molar-refractivity contribution in [1.82, 2.24) is 0 Å². The van der Waals surface area contributed by atoms with Gasteiger partial charge in [-0.05, 0) is 0 Å². The average molecular weight is 589 g/mol. The Labute approximate surface area is 212 Å². The molecule has 0 aromatic carbocycles. The van der Waals surface area contributed by atoms with Gasteiger partial charge in [0.2, 0.25) is 0 Å². The van der Waals surface area contributed by atoms with Crippen molar-refractivity contribution in [3.05, 3.63) is 0 Å². The summed E-state index contributed by atoms with van der Waals surface area (Å²) < 4.78 is 8.55. The van der Waals surface area contributed by atoms with E-state index in [1.165, 1.54) is 166 Å². The zero-order chi connectivity index (χ0) is 23.2. The smallest absolute Gasteiger partial charge is 0.159 e. The minimum atomic E-state index is -5.39. The molecule has 0 amide bonds. The molecule has 4 nitrogen and oxygen atoms in total. The Morgan fingerprint density at radius 1 is 0.483 bits per heavy atom. The Hall–Kier alpha value is 1.98. The van der Waals surface area contributed by atoms with Gasteiger partial charge >= 0.3 is 187 Å². The quantitative estimate of drug-likeness (QED) is 0.135. The molecule has 0 saturated carbocycles. The van der Waals surface area contributed by atoms with Crippen LogP contribution in [0.4, 0.5) is 0 Å². The monoisotopic (exact) mass is 584 g/mol. The number of phosphoric acid groups is 1. The summed E-state index contributed by atoms with van der Waals surface area (Å²) in [6.07, 6.45) is 21.8. The molecule has 8 heteroatoms. The first kappa shape index (κ1) is 38.3. The van der Waals surface area contributed by atoms with E-state index in [9.17, 15) is 0 Å². The van der Waals surface area contributed by atoms with Crippen molar-refractivity contribution in [2.45, 2.75) is 132 Å². The molecule has 0 heterocycles. The standard InChI is InChI=1S/3C7H15.H3O4P.3Zn/c3*1-3-5-7-6-4-2;1-5(2,3)4;;;/h3*1,3-7H2,2H3;(H3,1,2,3,4);;;/q;;;;3*+1/p-3. The van der Waals surface area contributed by atoms with Crippen LogP contribution in [0.25, 0.3) is 0 Å². The van der Waals surface area contributed by atoms with Crippen molar-refractivity contribution in [1.29, 1.82) is 0 Å². The van der Waals surface area contributed by atoms with Gasteiger partial charge in [0, 0.05) is 0 Å². The summed E-state index contributed by atoms with van der Waals surface area (Å²) in [6.45, 7) is 6.79. The van der Waals surface area contributed by atoms with Gasteiger partial charge in [-0.1, -0.05) is 0 Å². The number of rotatable bonds is 15. The second kappa shape index (κ2) is 37.3. The van der Waals surface area contributed by atoms with Crippen LogP contribution in [0.2, 0.25) is 15.0 Å². The van der Waals surface area contributed by atoms with Gasteiger partial charge in [0.05, 0.1) is 0 Å². The van der Waals surface area contributed by atoms with Gasteiger partial charge in [0.25, 0.3) is 0 Å². The van der Waals surface area contributed by atoms with Gasteiger partial charge in [0.15, 0.2) is 0 Å². The molecule has 164 valence electrons. The number of hydrogen-bond donors (Lipinski definition) is 0. The molecule has 0 spiro atoms. The third-order valence-corrected chi connectivity index (χ3v) is 7.21. The normalized spacial score (nSPS) is 10.2. The van der Waals surface area contributed by atoms with E-state index in [-0.39, 0.29) is 0 Å². The summed E-state index contributed by atoms with van der Waals surface area (Å²) in [5.41, 5.74) is 0. The Kier molecular flexibility index (Phi) is 49.2. The van der Waals surface area contributed by atoms with Crippen LogP contribution in [-0.4, -0.2) is 0 Å². The number of unbranched alkanes of at least 4 members (excludes halogenated alkanes) is 12. The summed E-state index contributed by atoms with van der Waals surface area (Å²) in [5, 5.41) is 4.47. The summed E-state index contributed by atoms with van der Waals surface area (Å²) in [4.78, 5) is 25.6. The topological polar surface area (TPSA) is 86.2 Å². The maximum Gasteiger partial charge on any atom is -0.159 e. The minimum absolute atomic E-state index is 1.38. The molecule has 0 unspecified atom stereocenters. The Bertz CT molecular complexity index is 238. The molecule has 0 aromatic rings. The fourth-order valence-corrected chi connectivity index (χ4v) is 4.57. The molecule has 0 aromatic heterocycles. The number of hydrogen-bond acceptors (Lipinski definition) is 4. The van der Waals surface area contributed by atoms with Crippen LogP contribution >= 0.6 is 7.82 Å². The van der Waals surface area contributed by atoms with Gasteiger partial charge in [-0.2, -0.15) is 7.82 Å². The third-order valence-electron chi connectivity index (χ3n) is 4.06. The van der Waals surface area contributed by atoms with Crippen LogP contribution in [0, 0.1) is 0 Å². The van der Waals surface area contributed by atoms with E-state index in [4.69, 9.17) is 19.2 Å². The van der Waals surface area contributed by atoms with E-state index in [1.807, 2.05) is 0 Å². The van der Waals surface area contributed by atoms with E-state index in [0.717, 1.165) is 0 Å². The molecule has 29 heavy (non-hydrogen) atoms. The zero-order valence-corrected chi connectivity index (χ0v) is 29.7. The SMILES string of the molecule is CCCCCC[CH2][Zn+].CCCCCC[CH2][Zn+].CCCCCC[CH2][Zn+].O=P([O-])([O-])[O-]. The minimum Gasteiger partial charge on any atom is -0.822 e. The fraction of sp³-hybridized carbons (Fsp3) is 1.00. The molecule has 0 bridgehead atoms. The van der Waals surface area contributed by atoms with Gasteiger partial charge in [-0.25, -0.2) is 0 Å².